The quantitative estimate of drug-likeness (QED) is 0.880. The molecule has 1 aromatic rings. The fourth-order valence-corrected chi connectivity index (χ4v) is 2.16. The molecule has 2 rings (SSSR count). The normalized spacial score (nSPS) is 20.3. The lowest BCUT2D eigenvalue weighted by molar-refractivity contribution is 0.0937. The van der Waals surface area contributed by atoms with E-state index in [4.69, 9.17) is 5.48 Å². The molecule has 0 bridgehead atoms. The van der Waals surface area contributed by atoms with Crippen molar-refractivity contribution in [2.75, 3.05) is 0 Å². The Balaban J connectivity index is 2.36. The van der Waals surface area contributed by atoms with Crippen molar-refractivity contribution >= 4 is 21.8 Å². The monoisotopic (exact) mass is 271 g/mol. The molecule has 1 aliphatic rings. The first-order valence-electron chi connectivity index (χ1n) is 7.00. The van der Waals surface area contributed by atoms with Crippen LogP contribution in [0.15, 0.2) is 28.6 Å². The first-order chi connectivity index (χ1) is 8.93. The summed E-state index contributed by atoms with van der Waals surface area (Å²) in [4.78, 5) is 12.2. The SMILES string of the molecule is [2H]c1c([2H])c([2H])c(C(=O)NC2CCCC2)c(Br)c1[2H]. The van der Waals surface area contributed by atoms with Crippen LogP contribution in [0.2, 0.25) is 0 Å². The van der Waals surface area contributed by atoms with Crippen molar-refractivity contribution < 1.29 is 10.3 Å². The van der Waals surface area contributed by atoms with E-state index in [9.17, 15) is 4.79 Å². The molecule has 0 spiro atoms. The zero-order chi connectivity index (χ0) is 14.2. The van der Waals surface area contributed by atoms with Gasteiger partial charge in [0.25, 0.3) is 5.91 Å². The van der Waals surface area contributed by atoms with Crippen molar-refractivity contribution in [2.45, 2.75) is 31.7 Å². The number of carbonyl (C=O) groups is 1. The molecule has 0 heterocycles. The maximum absolute atomic E-state index is 12.2. The number of hydrogen-bond donors (Lipinski definition) is 1. The van der Waals surface area contributed by atoms with Gasteiger partial charge in [0.1, 0.15) is 0 Å². The van der Waals surface area contributed by atoms with Gasteiger partial charge >= 0.3 is 0 Å². The molecule has 0 saturated heterocycles. The van der Waals surface area contributed by atoms with Gasteiger partial charge in [-0.2, -0.15) is 0 Å². The van der Waals surface area contributed by atoms with E-state index in [-0.39, 0.29) is 40.2 Å². The maximum Gasteiger partial charge on any atom is 0.252 e. The van der Waals surface area contributed by atoms with Crippen LogP contribution in [-0.2, 0) is 0 Å². The second kappa shape index (κ2) is 4.79. The summed E-state index contributed by atoms with van der Waals surface area (Å²) in [5.41, 5.74) is -0.0158. The predicted molar refractivity (Wildman–Crippen MR) is 63.9 cm³/mol. The number of nitrogens with one attached hydrogen (secondary N) is 1. The van der Waals surface area contributed by atoms with Crippen LogP contribution in [0.1, 0.15) is 41.5 Å². The Morgan fingerprint density at radius 1 is 1.40 bits per heavy atom. The average Bonchev–Trinajstić information content (AvgIpc) is 2.87. The lowest BCUT2D eigenvalue weighted by atomic mass is 10.2. The highest BCUT2D eigenvalue weighted by Crippen LogP contribution is 2.20. The van der Waals surface area contributed by atoms with E-state index >= 15 is 0 Å². The standard InChI is InChI=1S/C12H14BrNO/c13-11-8-4-3-7-10(11)12(15)14-9-5-1-2-6-9/h3-4,7-9H,1-2,5-6H2,(H,14,15)/i3D,4D,7D,8D. The van der Waals surface area contributed by atoms with Crippen LogP contribution in [0.3, 0.4) is 0 Å². The molecule has 0 aliphatic heterocycles. The van der Waals surface area contributed by atoms with E-state index in [1.165, 1.54) is 0 Å². The number of amides is 1. The average molecular weight is 272 g/mol. The molecule has 0 aromatic heterocycles. The largest absolute Gasteiger partial charge is 0.349 e. The first-order valence-corrected chi connectivity index (χ1v) is 5.79. The van der Waals surface area contributed by atoms with Crippen molar-refractivity contribution in [3.05, 3.63) is 34.2 Å². The zero-order valence-corrected chi connectivity index (χ0v) is 9.78. The molecule has 2 nitrogen and oxygen atoms in total. The summed E-state index contributed by atoms with van der Waals surface area (Å²) in [5, 5.41) is 2.83. The smallest absolute Gasteiger partial charge is 0.252 e. The minimum absolute atomic E-state index is 0.0158. The summed E-state index contributed by atoms with van der Waals surface area (Å²) in [7, 11) is 0. The highest BCUT2D eigenvalue weighted by molar-refractivity contribution is 9.10. The number of rotatable bonds is 2. The van der Waals surface area contributed by atoms with E-state index in [1.807, 2.05) is 0 Å². The van der Waals surface area contributed by atoms with Gasteiger partial charge in [-0.25, -0.2) is 0 Å². The fraction of sp³-hybridized carbons (Fsp3) is 0.417. The molecule has 1 aromatic carbocycles. The van der Waals surface area contributed by atoms with Crippen LogP contribution < -0.4 is 5.32 Å². The summed E-state index contributed by atoms with van der Waals surface area (Å²) in [6.07, 6.45) is 4.02. The van der Waals surface area contributed by atoms with Gasteiger partial charge in [-0.1, -0.05) is 24.9 Å². The predicted octanol–water partition coefficient (Wildman–Crippen LogP) is 3.12. The Morgan fingerprint density at radius 2 is 2.07 bits per heavy atom. The maximum atomic E-state index is 12.2. The van der Waals surface area contributed by atoms with Gasteiger partial charge in [-0.3, -0.25) is 4.79 Å². The van der Waals surface area contributed by atoms with Gasteiger partial charge in [0.05, 0.1) is 11.0 Å². The lowest BCUT2D eigenvalue weighted by Crippen LogP contribution is -2.32. The van der Waals surface area contributed by atoms with Crippen LogP contribution in [0.5, 0.6) is 0 Å². The Labute approximate surface area is 104 Å². The number of hydrogen-bond acceptors (Lipinski definition) is 1. The number of carbonyl (C=O) groups excluding carboxylic acids is 1. The molecule has 1 N–H and O–H groups in total. The minimum Gasteiger partial charge on any atom is -0.349 e. The third kappa shape index (κ3) is 2.59. The number of halogens is 1. The van der Waals surface area contributed by atoms with Crippen molar-refractivity contribution in [3.63, 3.8) is 0 Å². The van der Waals surface area contributed by atoms with Gasteiger partial charge in [0.2, 0.25) is 0 Å². The van der Waals surface area contributed by atoms with Crippen LogP contribution in [-0.4, -0.2) is 11.9 Å². The lowest BCUT2D eigenvalue weighted by Gasteiger charge is -2.12. The molecule has 1 fully saturated rings. The molecule has 0 radical (unpaired) electrons. The molecule has 0 atom stereocenters. The van der Waals surface area contributed by atoms with Gasteiger partial charge in [-0.15, -0.1) is 0 Å². The second-order valence-electron chi connectivity index (χ2n) is 3.64. The summed E-state index contributed by atoms with van der Waals surface area (Å²) < 4.78 is 30.7. The molecule has 15 heavy (non-hydrogen) atoms. The molecule has 80 valence electrons. The third-order valence-corrected chi connectivity index (χ3v) is 3.15. The summed E-state index contributed by atoms with van der Waals surface area (Å²) >= 11 is 3.09. The van der Waals surface area contributed by atoms with Crippen molar-refractivity contribution in [1.82, 2.24) is 5.32 Å². The van der Waals surface area contributed by atoms with E-state index in [0.29, 0.717) is 0 Å². The Bertz CT molecular complexity index is 500. The Morgan fingerprint density at radius 3 is 2.80 bits per heavy atom. The van der Waals surface area contributed by atoms with Gasteiger partial charge in [0.15, 0.2) is 0 Å². The highest BCUT2D eigenvalue weighted by Gasteiger charge is 2.18. The van der Waals surface area contributed by atoms with Crippen molar-refractivity contribution in [3.8, 4) is 0 Å². The molecular weight excluding hydrogens is 254 g/mol. The first kappa shape index (κ1) is 6.69. The zero-order valence-electron chi connectivity index (χ0n) is 12.2. The third-order valence-electron chi connectivity index (χ3n) is 2.56. The van der Waals surface area contributed by atoms with Crippen LogP contribution in [0.25, 0.3) is 0 Å². The van der Waals surface area contributed by atoms with E-state index in [0.717, 1.165) is 25.7 Å². The fourth-order valence-electron chi connectivity index (χ4n) is 1.78. The molecule has 1 amide bonds. The molecule has 1 saturated carbocycles. The second-order valence-corrected chi connectivity index (χ2v) is 4.44. The molecular formula is C12H14BrNO. The number of benzene rings is 1. The van der Waals surface area contributed by atoms with Crippen molar-refractivity contribution in [1.29, 1.82) is 0 Å². The van der Waals surface area contributed by atoms with Crippen molar-refractivity contribution in [2.24, 2.45) is 0 Å². The van der Waals surface area contributed by atoms with Gasteiger partial charge in [-0.05, 0) is 40.9 Å². The van der Waals surface area contributed by atoms with E-state index < -0.39 is 5.91 Å². The topological polar surface area (TPSA) is 29.1 Å². The molecule has 0 unspecified atom stereocenters. The Kier molecular flexibility index (Phi) is 2.14. The van der Waals surface area contributed by atoms with Crippen LogP contribution >= 0.6 is 15.9 Å². The van der Waals surface area contributed by atoms with Crippen LogP contribution in [0.4, 0.5) is 0 Å². The molecule has 1 aliphatic carbocycles. The van der Waals surface area contributed by atoms with Gasteiger partial charge < -0.3 is 5.32 Å². The van der Waals surface area contributed by atoms with Gasteiger partial charge in [0, 0.05) is 10.5 Å². The van der Waals surface area contributed by atoms with Crippen LogP contribution in [0, 0.1) is 0 Å². The highest BCUT2D eigenvalue weighted by atomic mass is 79.9. The minimum atomic E-state index is -0.439. The Hall–Kier alpha value is -0.830. The summed E-state index contributed by atoms with van der Waals surface area (Å²) in [5.74, 6) is -0.439. The van der Waals surface area contributed by atoms with E-state index in [1.54, 1.807) is 0 Å². The van der Waals surface area contributed by atoms with E-state index in [2.05, 4.69) is 21.2 Å². The summed E-state index contributed by atoms with van der Waals surface area (Å²) in [6, 6.07) is -1.14. The molecule has 3 heteroatoms. The summed E-state index contributed by atoms with van der Waals surface area (Å²) in [6.45, 7) is 0.